The van der Waals surface area contributed by atoms with Gasteiger partial charge in [0.25, 0.3) is 5.54 Å². The smallest absolute Gasteiger partial charge is 0.150 e. The van der Waals surface area contributed by atoms with Crippen molar-refractivity contribution in [2.45, 2.75) is 39.4 Å². The number of rotatable bonds is 2. The van der Waals surface area contributed by atoms with Crippen LogP contribution in [0, 0.1) is 0 Å². The standard InChI is InChI=1S/C8H14BBr/c1-3-7-5-6-9(10)8(7)4-2/h3-6H2,1-2H3. The molecular formula is C8H14BBr. The Labute approximate surface area is 72.1 Å². The van der Waals surface area contributed by atoms with Gasteiger partial charge in [-0.3, -0.25) is 0 Å². The molecule has 0 atom stereocenters. The SMILES string of the molecule is CCC1=C(CC)B(Br)CC1. The Morgan fingerprint density at radius 1 is 1.40 bits per heavy atom. The molecule has 1 rings (SSSR count). The lowest BCUT2D eigenvalue weighted by Crippen LogP contribution is -2.00. The largest absolute Gasteiger partial charge is 0.251 e. The molecule has 10 heavy (non-hydrogen) atoms. The Morgan fingerprint density at radius 3 is 2.50 bits per heavy atom. The molecule has 0 fully saturated rings. The monoisotopic (exact) mass is 200 g/mol. The fourth-order valence-electron chi connectivity index (χ4n) is 1.73. The minimum Gasteiger partial charge on any atom is -0.150 e. The van der Waals surface area contributed by atoms with Crippen molar-refractivity contribution in [1.82, 2.24) is 0 Å². The van der Waals surface area contributed by atoms with E-state index in [1.54, 1.807) is 11.0 Å². The second-order valence-electron chi connectivity index (χ2n) is 2.84. The predicted molar refractivity (Wildman–Crippen MR) is 51.7 cm³/mol. The highest BCUT2D eigenvalue weighted by Crippen LogP contribution is 2.32. The summed E-state index contributed by atoms with van der Waals surface area (Å²) in [6.45, 7) is 4.51. The topological polar surface area (TPSA) is 0 Å². The van der Waals surface area contributed by atoms with Crippen LogP contribution in [0.15, 0.2) is 11.0 Å². The second kappa shape index (κ2) is 3.61. The van der Waals surface area contributed by atoms with Crippen LogP contribution in [0.25, 0.3) is 0 Å². The first-order chi connectivity index (χ1) is 4.79. The Bertz CT molecular complexity index is 151. The van der Waals surface area contributed by atoms with E-state index in [0.29, 0.717) is 5.54 Å². The molecule has 1 aliphatic heterocycles. The average molecular weight is 201 g/mol. The number of allylic oxidation sites excluding steroid dienone is 2. The molecule has 0 N–H and O–H groups in total. The highest BCUT2D eigenvalue weighted by Gasteiger charge is 2.23. The maximum atomic E-state index is 3.69. The molecule has 0 aliphatic carbocycles. The molecular weight excluding hydrogens is 187 g/mol. The van der Waals surface area contributed by atoms with Crippen LogP contribution in [-0.4, -0.2) is 5.54 Å². The van der Waals surface area contributed by atoms with Gasteiger partial charge in [-0.05, 0) is 19.3 Å². The molecule has 0 aromatic rings. The van der Waals surface area contributed by atoms with E-state index in [1.165, 1.54) is 25.6 Å². The summed E-state index contributed by atoms with van der Waals surface area (Å²) < 4.78 is 0. The van der Waals surface area contributed by atoms with Gasteiger partial charge in [-0.15, -0.1) is 0 Å². The lowest BCUT2D eigenvalue weighted by Gasteiger charge is -2.02. The summed E-state index contributed by atoms with van der Waals surface area (Å²) >= 11 is 3.69. The van der Waals surface area contributed by atoms with Crippen molar-refractivity contribution in [3.8, 4) is 0 Å². The third-order valence-corrected chi connectivity index (χ3v) is 3.35. The summed E-state index contributed by atoms with van der Waals surface area (Å²) in [5.41, 5.74) is 4.07. The molecule has 1 heterocycles. The van der Waals surface area contributed by atoms with Crippen LogP contribution in [0.3, 0.4) is 0 Å². The lowest BCUT2D eigenvalue weighted by molar-refractivity contribution is 0.971. The molecule has 1 aliphatic rings. The van der Waals surface area contributed by atoms with Crippen LogP contribution in [0.2, 0.25) is 6.32 Å². The molecule has 0 aromatic carbocycles. The van der Waals surface area contributed by atoms with E-state index >= 15 is 0 Å². The van der Waals surface area contributed by atoms with Crippen molar-refractivity contribution in [3.63, 3.8) is 0 Å². The number of hydrogen-bond donors (Lipinski definition) is 0. The summed E-state index contributed by atoms with van der Waals surface area (Å²) in [7, 11) is 0. The summed E-state index contributed by atoms with van der Waals surface area (Å²) in [6, 6.07) is 0. The highest BCUT2D eigenvalue weighted by atomic mass is 79.9. The number of halogens is 1. The molecule has 0 radical (unpaired) electrons. The van der Waals surface area contributed by atoms with E-state index < -0.39 is 0 Å². The molecule has 0 saturated heterocycles. The van der Waals surface area contributed by atoms with E-state index in [1.807, 2.05) is 0 Å². The number of hydrogen-bond acceptors (Lipinski definition) is 0. The lowest BCUT2D eigenvalue weighted by atomic mass is 9.69. The quantitative estimate of drug-likeness (QED) is 0.600. The zero-order valence-electron chi connectivity index (χ0n) is 6.78. The molecule has 0 aromatic heterocycles. The van der Waals surface area contributed by atoms with Gasteiger partial charge in [0.05, 0.1) is 0 Å². The van der Waals surface area contributed by atoms with Crippen LogP contribution < -0.4 is 0 Å². The van der Waals surface area contributed by atoms with Crippen molar-refractivity contribution in [2.24, 2.45) is 0 Å². The van der Waals surface area contributed by atoms with Crippen molar-refractivity contribution in [3.05, 3.63) is 11.0 Å². The van der Waals surface area contributed by atoms with Gasteiger partial charge in [0.15, 0.2) is 0 Å². The van der Waals surface area contributed by atoms with E-state index in [9.17, 15) is 0 Å². The molecule has 56 valence electrons. The highest BCUT2D eigenvalue weighted by molar-refractivity contribution is 9.24. The van der Waals surface area contributed by atoms with Gasteiger partial charge in [-0.1, -0.05) is 31.2 Å². The van der Waals surface area contributed by atoms with Crippen molar-refractivity contribution >= 4 is 21.3 Å². The molecule has 0 saturated carbocycles. The van der Waals surface area contributed by atoms with E-state index in [-0.39, 0.29) is 0 Å². The van der Waals surface area contributed by atoms with Crippen LogP contribution in [0.5, 0.6) is 0 Å². The maximum Gasteiger partial charge on any atom is 0.251 e. The molecule has 0 unspecified atom stereocenters. The summed E-state index contributed by atoms with van der Waals surface area (Å²) in [5, 5.41) is 0. The first kappa shape index (κ1) is 8.38. The zero-order chi connectivity index (χ0) is 7.56. The minimum atomic E-state index is 0.701. The van der Waals surface area contributed by atoms with Gasteiger partial charge in [-0.2, -0.15) is 15.8 Å². The van der Waals surface area contributed by atoms with Crippen LogP contribution in [0.1, 0.15) is 33.1 Å². The summed E-state index contributed by atoms with van der Waals surface area (Å²) in [5.74, 6) is 0. The maximum absolute atomic E-state index is 3.69. The van der Waals surface area contributed by atoms with Crippen LogP contribution >= 0.6 is 15.8 Å². The van der Waals surface area contributed by atoms with Gasteiger partial charge < -0.3 is 0 Å². The Kier molecular flexibility index (Phi) is 3.03. The summed E-state index contributed by atoms with van der Waals surface area (Å²) in [4.78, 5) is 0. The molecule has 0 spiro atoms. The molecule has 0 amide bonds. The van der Waals surface area contributed by atoms with Crippen molar-refractivity contribution in [2.75, 3.05) is 0 Å². The van der Waals surface area contributed by atoms with Crippen LogP contribution in [-0.2, 0) is 0 Å². The van der Waals surface area contributed by atoms with Gasteiger partial charge in [0, 0.05) is 0 Å². The Morgan fingerprint density at radius 2 is 2.10 bits per heavy atom. The van der Waals surface area contributed by atoms with Gasteiger partial charge in [-0.25, -0.2) is 0 Å². The molecule has 0 bridgehead atoms. The Balaban J connectivity index is 2.71. The van der Waals surface area contributed by atoms with Crippen LogP contribution in [0.4, 0.5) is 0 Å². The first-order valence-electron chi connectivity index (χ1n) is 4.14. The van der Waals surface area contributed by atoms with Gasteiger partial charge in [0.1, 0.15) is 0 Å². The molecule has 0 nitrogen and oxygen atoms in total. The van der Waals surface area contributed by atoms with Gasteiger partial charge in [0.2, 0.25) is 0 Å². The van der Waals surface area contributed by atoms with Crippen molar-refractivity contribution < 1.29 is 0 Å². The third-order valence-electron chi connectivity index (χ3n) is 2.34. The predicted octanol–water partition coefficient (Wildman–Crippen LogP) is 3.43. The normalized spacial score (nSPS) is 18.9. The van der Waals surface area contributed by atoms with E-state index in [0.717, 1.165) is 0 Å². The zero-order valence-corrected chi connectivity index (χ0v) is 8.37. The summed E-state index contributed by atoms with van der Waals surface area (Å²) in [6.07, 6.45) is 5.15. The fraction of sp³-hybridized carbons (Fsp3) is 0.750. The second-order valence-corrected chi connectivity index (χ2v) is 3.95. The van der Waals surface area contributed by atoms with E-state index in [2.05, 4.69) is 29.6 Å². The Hall–Kier alpha value is 0.285. The van der Waals surface area contributed by atoms with E-state index in [4.69, 9.17) is 0 Å². The molecule has 2 heteroatoms. The third kappa shape index (κ3) is 1.47. The fourth-order valence-corrected chi connectivity index (χ4v) is 2.61. The van der Waals surface area contributed by atoms with Gasteiger partial charge >= 0.3 is 0 Å². The van der Waals surface area contributed by atoms with Crippen molar-refractivity contribution in [1.29, 1.82) is 0 Å². The average Bonchev–Trinajstić information content (AvgIpc) is 2.30. The minimum absolute atomic E-state index is 0.701. The first-order valence-corrected chi connectivity index (χ1v) is 5.06.